The van der Waals surface area contributed by atoms with E-state index >= 15 is 0 Å². The summed E-state index contributed by atoms with van der Waals surface area (Å²) in [6, 6.07) is 10.9. The molecule has 2 N–H and O–H groups in total. The third kappa shape index (κ3) is 4.51. The van der Waals surface area contributed by atoms with Crippen LogP contribution in [0.5, 0.6) is 11.5 Å². The Bertz CT molecular complexity index is 814. The van der Waals surface area contributed by atoms with Crippen LogP contribution in [0.4, 0.5) is 0 Å². The minimum Gasteiger partial charge on any atom is -0.507 e. The van der Waals surface area contributed by atoms with E-state index in [1.54, 1.807) is 6.08 Å². The average molecular weight is 338 g/mol. The van der Waals surface area contributed by atoms with Crippen molar-refractivity contribution in [2.24, 2.45) is 0 Å². The van der Waals surface area contributed by atoms with Crippen LogP contribution in [-0.2, 0) is 6.42 Å². The summed E-state index contributed by atoms with van der Waals surface area (Å²) in [6.45, 7) is 3.95. The molecular formula is C21H22O4. The van der Waals surface area contributed by atoms with Crippen molar-refractivity contribution >= 4 is 18.1 Å². The normalized spacial score (nSPS) is 10.7. The van der Waals surface area contributed by atoms with Gasteiger partial charge < -0.3 is 14.9 Å². The Morgan fingerprint density at radius 1 is 1.16 bits per heavy atom. The van der Waals surface area contributed by atoms with Crippen molar-refractivity contribution in [2.45, 2.75) is 20.3 Å². The SMILES string of the molecule is COc1cc(O)c(C(=O)O)c(/C=C/c2ccccc2)c1CC=C(C)C. The summed E-state index contributed by atoms with van der Waals surface area (Å²) < 4.78 is 5.37. The van der Waals surface area contributed by atoms with E-state index in [9.17, 15) is 15.0 Å². The third-order valence-electron chi connectivity index (χ3n) is 3.81. The molecule has 2 aromatic carbocycles. The summed E-state index contributed by atoms with van der Waals surface area (Å²) >= 11 is 0. The van der Waals surface area contributed by atoms with Crippen LogP contribution in [0.25, 0.3) is 12.2 Å². The Morgan fingerprint density at radius 2 is 1.84 bits per heavy atom. The molecule has 0 fully saturated rings. The predicted octanol–water partition coefficient (Wildman–Crippen LogP) is 4.78. The number of ether oxygens (including phenoxy) is 1. The quantitative estimate of drug-likeness (QED) is 0.588. The lowest BCUT2D eigenvalue weighted by Gasteiger charge is -2.15. The highest BCUT2D eigenvalue weighted by Gasteiger charge is 2.21. The van der Waals surface area contributed by atoms with Crippen LogP contribution in [0, 0.1) is 0 Å². The van der Waals surface area contributed by atoms with Gasteiger partial charge in [-0.2, -0.15) is 0 Å². The molecule has 0 bridgehead atoms. The van der Waals surface area contributed by atoms with Crippen molar-refractivity contribution in [1.82, 2.24) is 0 Å². The Balaban J connectivity index is 2.66. The van der Waals surface area contributed by atoms with Crippen LogP contribution >= 0.6 is 0 Å². The number of methoxy groups -OCH3 is 1. The number of benzene rings is 2. The van der Waals surface area contributed by atoms with Crippen molar-refractivity contribution in [3.63, 3.8) is 0 Å². The van der Waals surface area contributed by atoms with Gasteiger partial charge >= 0.3 is 5.97 Å². The second-order valence-electron chi connectivity index (χ2n) is 5.90. The van der Waals surface area contributed by atoms with Gasteiger partial charge in [-0.3, -0.25) is 0 Å². The maximum atomic E-state index is 11.7. The highest BCUT2D eigenvalue weighted by molar-refractivity contribution is 5.97. The molecule has 0 radical (unpaired) electrons. The Hall–Kier alpha value is -3.01. The number of phenols is 1. The minimum atomic E-state index is -1.17. The van der Waals surface area contributed by atoms with Crippen LogP contribution in [0.1, 0.15) is 40.9 Å². The van der Waals surface area contributed by atoms with Gasteiger partial charge in [0.25, 0.3) is 0 Å². The summed E-state index contributed by atoms with van der Waals surface area (Å²) in [6.07, 6.45) is 6.06. The molecule has 0 saturated heterocycles. The van der Waals surface area contributed by atoms with Crippen molar-refractivity contribution in [2.75, 3.05) is 7.11 Å². The standard InChI is InChI=1S/C21H22O4/c1-14(2)9-11-16-17(12-10-15-7-5-4-6-8-15)20(21(23)24)18(22)13-19(16)25-3/h4-10,12-13,22H,11H2,1-3H3,(H,23,24)/b12-10+. The first-order chi connectivity index (χ1) is 11.9. The van der Waals surface area contributed by atoms with Crippen LogP contribution in [0.2, 0.25) is 0 Å². The largest absolute Gasteiger partial charge is 0.507 e. The molecule has 0 saturated carbocycles. The van der Waals surface area contributed by atoms with Crippen molar-refractivity contribution in [3.05, 3.63) is 70.3 Å². The van der Waals surface area contributed by atoms with E-state index in [4.69, 9.17) is 4.74 Å². The van der Waals surface area contributed by atoms with Gasteiger partial charge in [0, 0.05) is 11.6 Å². The first-order valence-corrected chi connectivity index (χ1v) is 7.96. The number of carboxylic acid groups (broad SMARTS) is 1. The molecule has 0 amide bonds. The van der Waals surface area contributed by atoms with E-state index in [1.165, 1.54) is 13.2 Å². The van der Waals surface area contributed by atoms with Gasteiger partial charge in [-0.05, 0) is 31.4 Å². The third-order valence-corrected chi connectivity index (χ3v) is 3.81. The van der Waals surface area contributed by atoms with Crippen molar-refractivity contribution in [3.8, 4) is 11.5 Å². The monoisotopic (exact) mass is 338 g/mol. The Kier molecular flexibility index (Phi) is 6.01. The van der Waals surface area contributed by atoms with E-state index in [2.05, 4.69) is 0 Å². The van der Waals surface area contributed by atoms with Crippen LogP contribution < -0.4 is 4.74 Å². The Labute approximate surface area is 147 Å². The molecule has 0 atom stereocenters. The molecule has 0 unspecified atom stereocenters. The second kappa shape index (κ2) is 8.20. The first kappa shape index (κ1) is 18.3. The molecule has 0 aliphatic carbocycles. The lowest BCUT2D eigenvalue weighted by molar-refractivity contribution is 0.0693. The average Bonchev–Trinajstić information content (AvgIpc) is 2.58. The van der Waals surface area contributed by atoms with E-state index in [-0.39, 0.29) is 11.3 Å². The molecule has 0 aromatic heterocycles. The Morgan fingerprint density at radius 3 is 2.40 bits per heavy atom. The number of carboxylic acids is 1. The van der Waals surface area contributed by atoms with E-state index in [0.29, 0.717) is 17.7 Å². The molecule has 0 aliphatic heterocycles. The topological polar surface area (TPSA) is 66.8 Å². The van der Waals surface area contributed by atoms with Gasteiger partial charge in [0.15, 0.2) is 0 Å². The summed E-state index contributed by atoms with van der Waals surface area (Å²) in [5.41, 5.74) is 3.11. The van der Waals surface area contributed by atoms with E-state index in [0.717, 1.165) is 16.7 Å². The smallest absolute Gasteiger partial charge is 0.340 e. The maximum absolute atomic E-state index is 11.7. The molecular weight excluding hydrogens is 316 g/mol. The number of carbonyl (C=O) groups is 1. The highest BCUT2D eigenvalue weighted by atomic mass is 16.5. The maximum Gasteiger partial charge on any atom is 0.340 e. The van der Waals surface area contributed by atoms with Gasteiger partial charge in [-0.15, -0.1) is 0 Å². The van der Waals surface area contributed by atoms with Crippen LogP contribution in [-0.4, -0.2) is 23.3 Å². The van der Waals surface area contributed by atoms with E-state index in [1.807, 2.05) is 56.3 Å². The van der Waals surface area contributed by atoms with Crippen molar-refractivity contribution < 1.29 is 19.7 Å². The number of allylic oxidation sites excluding steroid dienone is 2. The zero-order valence-electron chi connectivity index (χ0n) is 14.6. The predicted molar refractivity (Wildman–Crippen MR) is 100 cm³/mol. The molecule has 2 aromatic rings. The lowest BCUT2D eigenvalue weighted by Crippen LogP contribution is -2.05. The number of hydrogen-bond donors (Lipinski definition) is 2. The zero-order chi connectivity index (χ0) is 18.4. The molecule has 4 nitrogen and oxygen atoms in total. The summed E-state index contributed by atoms with van der Waals surface area (Å²) in [4.78, 5) is 11.7. The number of aromatic hydroxyl groups is 1. The van der Waals surface area contributed by atoms with Gasteiger partial charge in [-0.1, -0.05) is 54.1 Å². The molecule has 0 aliphatic rings. The molecule has 130 valence electrons. The zero-order valence-corrected chi connectivity index (χ0v) is 14.6. The van der Waals surface area contributed by atoms with Gasteiger partial charge in [-0.25, -0.2) is 4.79 Å². The molecule has 25 heavy (non-hydrogen) atoms. The second-order valence-corrected chi connectivity index (χ2v) is 5.90. The van der Waals surface area contributed by atoms with Crippen molar-refractivity contribution in [1.29, 1.82) is 0 Å². The lowest BCUT2D eigenvalue weighted by atomic mass is 9.95. The fourth-order valence-corrected chi connectivity index (χ4v) is 2.56. The summed E-state index contributed by atoms with van der Waals surface area (Å²) in [5.74, 6) is -1.02. The van der Waals surface area contributed by atoms with Crippen LogP contribution in [0.15, 0.2) is 48.0 Å². The summed E-state index contributed by atoms with van der Waals surface area (Å²) in [7, 11) is 1.51. The van der Waals surface area contributed by atoms with E-state index < -0.39 is 5.97 Å². The number of aromatic carboxylic acids is 1. The first-order valence-electron chi connectivity index (χ1n) is 7.96. The fraction of sp³-hybridized carbons (Fsp3) is 0.190. The molecule has 0 spiro atoms. The van der Waals surface area contributed by atoms with Gasteiger partial charge in [0.1, 0.15) is 17.1 Å². The molecule has 2 rings (SSSR count). The molecule has 4 heteroatoms. The highest BCUT2D eigenvalue weighted by Crippen LogP contribution is 2.35. The van der Waals surface area contributed by atoms with Gasteiger partial charge in [0.2, 0.25) is 0 Å². The summed E-state index contributed by atoms with van der Waals surface area (Å²) in [5, 5.41) is 19.7. The minimum absolute atomic E-state index is 0.120. The molecule has 0 heterocycles. The number of rotatable bonds is 6. The fourth-order valence-electron chi connectivity index (χ4n) is 2.56. The van der Waals surface area contributed by atoms with Crippen LogP contribution in [0.3, 0.4) is 0 Å². The van der Waals surface area contributed by atoms with Gasteiger partial charge in [0.05, 0.1) is 7.11 Å². The number of hydrogen-bond acceptors (Lipinski definition) is 3.